The van der Waals surface area contributed by atoms with Gasteiger partial charge in [-0.2, -0.15) is 0 Å². The number of pyridine rings is 2. The highest BCUT2D eigenvalue weighted by atomic mass is 16.6. The van der Waals surface area contributed by atoms with Gasteiger partial charge in [-0.15, -0.1) is 0 Å². The molecule has 0 amide bonds. The molecule has 6 heteroatoms. The quantitative estimate of drug-likeness (QED) is 0.750. The zero-order valence-electron chi connectivity index (χ0n) is 17.9. The van der Waals surface area contributed by atoms with Crippen molar-refractivity contribution in [2.24, 2.45) is 0 Å². The molecule has 29 heavy (non-hydrogen) atoms. The Morgan fingerprint density at radius 3 is 2.52 bits per heavy atom. The Balaban J connectivity index is 1.36. The minimum absolute atomic E-state index is 0.238. The summed E-state index contributed by atoms with van der Waals surface area (Å²) in [5.41, 5.74) is 3.14. The van der Waals surface area contributed by atoms with Crippen LogP contribution in [0.1, 0.15) is 62.7 Å². The van der Waals surface area contributed by atoms with Gasteiger partial charge in [0.2, 0.25) is 0 Å². The summed E-state index contributed by atoms with van der Waals surface area (Å²) in [6, 6.07) is 8.39. The second kappa shape index (κ2) is 8.57. The first-order valence-corrected chi connectivity index (χ1v) is 10.7. The zero-order valence-corrected chi connectivity index (χ0v) is 17.9. The van der Waals surface area contributed by atoms with Crippen LogP contribution in [-0.2, 0) is 0 Å². The van der Waals surface area contributed by atoms with Gasteiger partial charge < -0.3 is 14.2 Å². The molecule has 2 aliphatic heterocycles. The van der Waals surface area contributed by atoms with Gasteiger partial charge >= 0.3 is 0 Å². The van der Waals surface area contributed by atoms with Crippen molar-refractivity contribution in [1.82, 2.24) is 14.9 Å². The highest BCUT2D eigenvalue weighted by Crippen LogP contribution is 2.32. The van der Waals surface area contributed by atoms with Crippen LogP contribution in [0.5, 0.6) is 17.4 Å². The number of hydrogen-bond acceptors (Lipinski definition) is 6. The zero-order chi connectivity index (χ0) is 20.4. The van der Waals surface area contributed by atoms with Crippen molar-refractivity contribution in [3.8, 4) is 17.4 Å². The van der Waals surface area contributed by atoms with Crippen molar-refractivity contribution in [1.29, 1.82) is 0 Å². The van der Waals surface area contributed by atoms with Crippen LogP contribution in [-0.4, -0.2) is 47.3 Å². The lowest BCUT2D eigenvalue weighted by molar-refractivity contribution is 0.0779. The molecule has 4 heterocycles. The van der Waals surface area contributed by atoms with E-state index in [2.05, 4.69) is 41.7 Å². The Kier molecular flexibility index (Phi) is 5.90. The predicted molar refractivity (Wildman–Crippen MR) is 112 cm³/mol. The van der Waals surface area contributed by atoms with Crippen LogP contribution < -0.4 is 14.2 Å². The number of aromatic nitrogens is 2. The van der Waals surface area contributed by atoms with E-state index in [4.69, 9.17) is 14.2 Å². The van der Waals surface area contributed by atoms with Crippen LogP contribution in [0.15, 0.2) is 24.3 Å². The maximum absolute atomic E-state index is 6.32. The molecule has 0 bridgehead atoms. The lowest BCUT2D eigenvalue weighted by atomic mass is 10.0. The summed E-state index contributed by atoms with van der Waals surface area (Å²) in [4.78, 5) is 11.8. The van der Waals surface area contributed by atoms with E-state index in [1.807, 2.05) is 25.1 Å². The van der Waals surface area contributed by atoms with Gasteiger partial charge in [0.25, 0.3) is 5.88 Å². The molecule has 0 radical (unpaired) electrons. The summed E-state index contributed by atoms with van der Waals surface area (Å²) in [6.07, 6.45) is 2.26. The van der Waals surface area contributed by atoms with Crippen LogP contribution in [0.3, 0.4) is 0 Å². The molecule has 0 spiro atoms. The van der Waals surface area contributed by atoms with Gasteiger partial charge in [-0.05, 0) is 44.7 Å². The van der Waals surface area contributed by atoms with E-state index in [1.165, 1.54) is 0 Å². The molecular formula is C23H31N3O3. The normalized spacial score (nSPS) is 18.7. The Labute approximate surface area is 173 Å². The van der Waals surface area contributed by atoms with E-state index >= 15 is 0 Å². The first-order valence-electron chi connectivity index (χ1n) is 10.7. The maximum Gasteiger partial charge on any atom is 0.257 e. The van der Waals surface area contributed by atoms with Crippen LogP contribution in [0.25, 0.3) is 0 Å². The predicted octanol–water partition coefficient (Wildman–Crippen LogP) is 4.28. The number of ether oxygens (including phenoxy) is 3. The second-order valence-corrected chi connectivity index (χ2v) is 8.29. The third kappa shape index (κ3) is 4.64. The molecule has 1 saturated heterocycles. The van der Waals surface area contributed by atoms with E-state index in [0.29, 0.717) is 25.0 Å². The summed E-state index contributed by atoms with van der Waals surface area (Å²) in [5.74, 6) is 2.71. The first kappa shape index (κ1) is 20.0. The van der Waals surface area contributed by atoms with Crippen molar-refractivity contribution in [3.05, 3.63) is 41.3 Å². The first-order chi connectivity index (χ1) is 14.0. The number of fused-ring (bicyclic) bond motifs is 1. The lowest BCUT2D eigenvalue weighted by Gasteiger charge is -2.36. The van der Waals surface area contributed by atoms with Crippen molar-refractivity contribution >= 4 is 0 Å². The third-order valence-corrected chi connectivity index (χ3v) is 5.72. The van der Waals surface area contributed by atoms with E-state index in [-0.39, 0.29) is 12.1 Å². The minimum atomic E-state index is 0.238. The summed E-state index contributed by atoms with van der Waals surface area (Å²) in [5, 5.41) is 0. The molecule has 2 aliphatic rings. The fourth-order valence-corrected chi connectivity index (χ4v) is 3.96. The average Bonchev–Trinajstić information content (AvgIpc) is 2.73. The van der Waals surface area contributed by atoms with Crippen LogP contribution in [0.2, 0.25) is 0 Å². The molecular weight excluding hydrogens is 366 g/mol. The van der Waals surface area contributed by atoms with Crippen LogP contribution in [0, 0.1) is 6.92 Å². The fraction of sp³-hybridized carbons (Fsp3) is 0.565. The van der Waals surface area contributed by atoms with Crippen molar-refractivity contribution in [3.63, 3.8) is 0 Å². The fourth-order valence-electron chi connectivity index (χ4n) is 3.96. The molecule has 2 aromatic rings. The summed E-state index contributed by atoms with van der Waals surface area (Å²) < 4.78 is 17.5. The summed E-state index contributed by atoms with van der Waals surface area (Å²) in [6.45, 7) is 11.7. The van der Waals surface area contributed by atoms with E-state index in [1.54, 1.807) is 0 Å². The van der Waals surface area contributed by atoms with Gasteiger partial charge in [-0.3, -0.25) is 9.88 Å². The molecule has 0 N–H and O–H groups in total. The monoisotopic (exact) mass is 397 g/mol. The second-order valence-electron chi connectivity index (χ2n) is 8.29. The molecule has 1 unspecified atom stereocenters. The van der Waals surface area contributed by atoms with Crippen LogP contribution >= 0.6 is 0 Å². The SMILES string of the molecule is Cc1cc(OC2CCN(C(C)c3ccc4c(n3)OCCO4)CC2)cc(C(C)C)n1. The molecule has 2 aromatic heterocycles. The highest BCUT2D eigenvalue weighted by molar-refractivity contribution is 5.36. The molecule has 6 nitrogen and oxygen atoms in total. The van der Waals surface area contributed by atoms with Gasteiger partial charge in [0.05, 0.1) is 5.69 Å². The average molecular weight is 398 g/mol. The van der Waals surface area contributed by atoms with Crippen LogP contribution in [0.4, 0.5) is 0 Å². The number of aryl methyl sites for hydroxylation is 1. The van der Waals surface area contributed by atoms with Crippen molar-refractivity contribution in [2.75, 3.05) is 26.3 Å². The van der Waals surface area contributed by atoms with Gasteiger partial charge in [-0.1, -0.05) is 13.8 Å². The summed E-state index contributed by atoms with van der Waals surface area (Å²) in [7, 11) is 0. The topological polar surface area (TPSA) is 56.7 Å². The molecule has 1 atom stereocenters. The molecule has 4 rings (SSSR count). The number of rotatable bonds is 5. The Morgan fingerprint density at radius 1 is 1.00 bits per heavy atom. The van der Waals surface area contributed by atoms with E-state index in [0.717, 1.165) is 54.5 Å². The Hall–Kier alpha value is -2.34. The Morgan fingerprint density at radius 2 is 1.76 bits per heavy atom. The molecule has 1 fully saturated rings. The lowest BCUT2D eigenvalue weighted by Crippen LogP contribution is -2.39. The van der Waals surface area contributed by atoms with Crippen molar-refractivity contribution in [2.45, 2.75) is 58.6 Å². The highest BCUT2D eigenvalue weighted by Gasteiger charge is 2.26. The van der Waals surface area contributed by atoms with Crippen molar-refractivity contribution < 1.29 is 14.2 Å². The van der Waals surface area contributed by atoms with E-state index in [9.17, 15) is 0 Å². The smallest absolute Gasteiger partial charge is 0.257 e. The minimum Gasteiger partial charge on any atom is -0.490 e. The molecule has 0 aromatic carbocycles. The number of likely N-dealkylation sites (tertiary alicyclic amines) is 1. The number of piperidine rings is 1. The molecule has 0 aliphatic carbocycles. The number of hydrogen-bond donors (Lipinski definition) is 0. The largest absolute Gasteiger partial charge is 0.490 e. The maximum atomic E-state index is 6.32. The van der Waals surface area contributed by atoms with Gasteiger partial charge in [0, 0.05) is 42.7 Å². The van der Waals surface area contributed by atoms with Gasteiger partial charge in [0.1, 0.15) is 25.1 Å². The molecule has 0 saturated carbocycles. The standard InChI is InChI=1S/C23H31N3O3/c1-15(2)21-14-19(13-16(3)24-21)29-18-7-9-26(10-8-18)17(4)20-5-6-22-23(25-20)28-12-11-27-22/h5-6,13-15,17-18H,7-12H2,1-4H3. The van der Waals surface area contributed by atoms with Gasteiger partial charge in [0.15, 0.2) is 5.75 Å². The molecule has 156 valence electrons. The summed E-state index contributed by atoms with van der Waals surface area (Å²) >= 11 is 0. The third-order valence-electron chi connectivity index (χ3n) is 5.72. The number of nitrogens with zero attached hydrogens (tertiary/aromatic N) is 3. The van der Waals surface area contributed by atoms with Gasteiger partial charge in [-0.25, -0.2) is 4.98 Å². The Bertz CT molecular complexity index is 847. The van der Waals surface area contributed by atoms with E-state index < -0.39 is 0 Å².